The highest BCUT2D eigenvalue weighted by Crippen LogP contribution is 2.37. The minimum atomic E-state index is -0.681. The molecule has 0 N–H and O–H groups in total. The average molecular weight is 496 g/mol. The third-order valence-corrected chi connectivity index (χ3v) is 6.20. The van der Waals surface area contributed by atoms with Gasteiger partial charge in [0.25, 0.3) is 0 Å². The van der Waals surface area contributed by atoms with Crippen molar-refractivity contribution in [3.05, 3.63) is 93.3 Å². The van der Waals surface area contributed by atoms with Crippen LogP contribution in [0.3, 0.4) is 0 Å². The quantitative estimate of drug-likeness (QED) is 0.269. The minimum Gasteiger partial charge on any atom is -0.493 e. The summed E-state index contributed by atoms with van der Waals surface area (Å²) in [6.45, 7) is 5.55. The molecule has 0 fully saturated rings. The van der Waals surface area contributed by atoms with Crippen molar-refractivity contribution < 1.29 is 23.4 Å². The summed E-state index contributed by atoms with van der Waals surface area (Å²) in [5.41, 5.74) is 3.74. The zero-order valence-electron chi connectivity index (χ0n) is 21.2. The molecule has 2 heterocycles. The molecule has 0 saturated carbocycles. The van der Waals surface area contributed by atoms with Gasteiger partial charge in [-0.1, -0.05) is 24.3 Å². The molecule has 37 heavy (non-hydrogen) atoms. The van der Waals surface area contributed by atoms with E-state index in [0.717, 1.165) is 11.1 Å². The molecule has 186 valence electrons. The van der Waals surface area contributed by atoms with Crippen molar-refractivity contribution in [2.75, 3.05) is 14.2 Å². The SMILES string of the molecule is COc1ccc(-c2oc3cc(C)cc(C)c3c(=O)c2OC(=O)c2cc(C)nc3ccccc23)cc1OC. The van der Waals surface area contributed by atoms with Crippen molar-refractivity contribution in [2.24, 2.45) is 0 Å². The molecule has 5 aromatic rings. The number of methoxy groups -OCH3 is 2. The van der Waals surface area contributed by atoms with Gasteiger partial charge in [-0.15, -0.1) is 0 Å². The van der Waals surface area contributed by atoms with Crippen molar-refractivity contribution in [1.82, 2.24) is 4.98 Å². The molecule has 0 saturated heterocycles. The zero-order valence-corrected chi connectivity index (χ0v) is 21.2. The number of para-hydroxylation sites is 1. The summed E-state index contributed by atoms with van der Waals surface area (Å²) in [6, 6.07) is 17.7. The Labute approximate surface area is 213 Å². The number of esters is 1. The molecule has 7 nitrogen and oxygen atoms in total. The maximum absolute atomic E-state index is 13.8. The predicted octanol–water partition coefficient (Wildman–Crippen LogP) is 6.17. The average Bonchev–Trinajstić information content (AvgIpc) is 2.88. The topological polar surface area (TPSA) is 87.9 Å². The first-order valence-electron chi connectivity index (χ1n) is 11.7. The van der Waals surface area contributed by atoms with E-state index in [9.17, 15) is 9.59 Å². The van der Waals surface area contributed by atoms with E-state index in [1.807, 2.05) is 38.1 Å². The molecule has 2 aromatic heterocycles. The number of hydrogen-bond donors (Lipinski definition) is 0. The van der Waals surface area contributed by atoms with Crippen LogP contribution < -0.4 is 19.6 Å². The van der Waals surface area contributed by atoms with E-state index < -0.39 is 11.4 Å². The Bertz CT molecular complexity index is 1750. The number of fused-ring (bicyclic) bond motifs is 2. The minimum absolute atomic E-state index is 0.117. The number of pyridine rings is 1. The first kappa shape index (κ1) is 24.1. The predicted molar refractivity (Wildman–Crippen MR) is 142 cm³/mol. The lowest BCUT2D eigenvalue weighted by Gasteiger charge is -2.14. The van der Waals surface area contributed by atoms with E-state index in [0.29, 0.717) is 50.2 Å². The summed E-state index contributed by atoms with van der Waals surface area (Å²) in [7, 11) is 3.05. The highest BCUT2D eigenvalue weighted by atomic mass is 16.5. The normalized spacial score (nSPS) is 11.1. The standard InChI is InChI=1S/C30H25NO6/c1-16-12-17(2)26-25(13-16)36-28(19-10-11-23(34-4)24(15-19)35-5)29(27(26)32)37-30(33)21-14-18(3)31-22-9-7-6-8-20(21)22/h6-15H,1-5H3. The lowest BCUT2D eigenvalue weighted by molar-refractivity contribution is 0.0733. The molecule has 0 aliphatic rings. The Morgan fingerprint density at radius 3 is 2.41 bits per heavy atom. The fourth-order valence-electron chi connectivity index (χ4n) is 4.56. The first-order chi connectivity index (χ1) is 17.8. The van der Waals surface area contributed by atoms with E-state index in [-0.39, 0.29) is 11.5 Å². The van der Waals surface area contributed by atoms with Crippen LogP contribution in [0.15, 0.2) is 69.9 Å². The van der Waals surface area contributed by atoms with Crippen molar-refractivity contribution in [3.8, 4) is 28.6 Å². The Morgan fingerprint density at radius 2 is 1.65 bits per heavy atom. The Kier molecular flexibility index (Phi) is 6.13. The van der Waals surface area contributed by atoms with Gasteiger partial charge < -0.3 is 18.6 Å². The molecular weight excluding hydrogens is 470 g/mol. The van der Waals surface area contributed by atoms with Crippen LogP contribution in [-0.2, 0) is 0 Å². The van der Waals surface area contributed by atoms with E-state index in [1.165, 1.54) is 14.2 Å². The largest absolute Gasteiger partial charge is 0.493 e. The van der Waals surface area contributed by atoms with Gasteiger partial charge in [0.2, 0.25) is 11.2 Å². The molecule has 0 radical (unpaired) electrons. The van der Waals surface area contributed by atoms with Gasteiger partial charge in [0.1, 0.15) is 5.58 Å². The second-order valence-electron chi connectivity index (χ2n) is 8.83. The van der Waals surface area contributed by atoms with Gasteiger partial charge in [0.05, 0.1) is 30.7 Å². The first-order valence-corrected chi connectivity index (χ1v) is 11.7. The maximum Gasteiger partial charge on any atom is 0.344 e. The van der Waals surface area contributed by atoms with Gasteiger partial charge in [-0.25, -0.2) is 4.79 Å². The van der Waals surface area contributed by atoms with Crippen molar-refractivity contribution in [3.63, 3.8) is 0 Å². The summed E-state index contributed by atoms with van der Waals surface area (Å²) >= 11 is 0. The Hall–Kier alpha value is -4.65. The number of nitrogens with zero attached hydrogens (tertiary/aromatic N) is 1. The van der Waals surface area contributed by atoms with Crippen LogP contribution in [0.25, 0.3) is 33.2 Å². The van der Waals surface area contributed by atoms with Gasteiger partial charge >= 0.3 is 5.97 Å². The molecule has 7 heteroatoms. The monoisotopic (exact) mass is 495 g/mol. The van der Waals surface area contributed by atoms with E-state index in [4.69, 9.17) is 18.6 Å². The second kappa shape index (κ2) is 9.43. The van der Waals surface area contributed by atoms with Crippen molar-refractivity contribution in [1.29, 1.82) is 0 Å². The molecule has 3 aromatic carbocycles. The number of benzene rings is 3. The number of carbonyl (C=O) groups excluding carboxylic acids is 1. The van der Waals surface area contributed by atoms with Crippen LogP contribution in [0.1, 0.15) is 27.2 Å². The lowest BCUT2D eigenvalue weighted by atomic mass is 10.0. The van der Waals surface area contributed by atoms with E-state index in [2.05, 4.69) is 4.98 Å². The molecule has 0 bridgehead atoms. The molecule has 0 atom stereocenters. The zero-order chi connectivity index (χ0) is 26.3. The molecule has 0 aliphatic heterocycles. The van der Waals surface area contributed by atoms with Crippen LogP contribution in [0.5, 0.6) is 17.2 Å². The molecular formula is C30H25NO6. The molecule has 0 amide bonds. The van der Waals surface area contributed by atoms with Crippen LogP contribution in [0.4, 0.5) is 0 Å². The van der Waals surface area contributed by atoms with Crippen LogP contribution >= 0.6 is 0 Å². The fraction of sp³-hybridized carbons (Fsp3) is 0.167. The van der Waals surface area contributed by atoms with Gasteiger partial charge in [0, 0.05) is 16.6 Å². The van der Waals surface area contributed by atoms with E-state index >= 15 is 0 Å². The highest BCUT2D eigenvalue weighted by molar-refractivity contribution is 6.04. The summed E-state index contributed by atoms with van der Waals surface area (Å²) in [5.74, 6) is 0.191. The number of aromatic nitrogens is 1. The van der Waals surface area contributed by atoms with Gasteiger partial charge in [-0.05, 0) is 68.3 Å². The highest BCUT2D eigenvalue weighted by Gasteiger charge is 2.24. The summed E-state index contributed by atoms with van der Waals surface area (Å²) in [4.78, 5) is 31.9. The molecule has 0 spiro atoms. The molecule has 0 unspecified atom stereocenters. The summed E-state index contributed by atoms with van der Waals surface area (Å²) in [6.07, 6.45) is 0. The third-order valence-electron chi connectivity index (χ3n) is 6.20. The number of hydrogen-bond acceptors (Lipinski definition) is 7. The molecule has 0 aliphatic carbocycles. The number of carbonyl (C=O) groups is 1. The third kappa shape index (κ3) is 4.29. The van der Waals surface area contributed by atoms with Gasteiger partial charge in [0.15, 0.2) is 17.3 Å². The van der Waals surface area contributed by atoms with E-state index in [1.54, 1.807) is 43.3 Å². The van der Waals surface area contributed by atoms with Crippen LogP contribution in [0, 0.1) is 20.8 Å². The second-order valence-corrected chi connectivity index (χ2v) is 8.83. The molecule has 5 rings (SSSR count). The van der Waals surface area contributed by atoms with Gasteiger partial charge in [-0.2, -0.15) is 0 Å². The smallest absolute Gasteiger partial charge is 0.344 e. The van der Waals surface area contributed by atoms with Crippen LogP contribution in [-0.4, -0.2) is 25.2 Å². The number of aryl methyl sites for hydroxylation is 3. The van der Waals surface area contributed by atoms with Crippen molar-refractivity contribution >= 4 is 27.8 Å². The maximum atomic E-state index is 13.8. The lowest BCUT2D eigenvalue weighted by Crippen LogP contribution is -2.17. The summed E-state index contributed by atoms with van der Waals surface area (Å²) in [5, 5.41) is 0.983. The van der Waals surface area contributed by atoms with Gasteiger partial charge in [-0.3, -0.25) is 9.78 Å². The van der Waals surface area contributed by atoms with Crippen LogP contribution in [0.2, 0.25) is 0 Å². The van der Waals surface area contributed by atoms with Crippen molar-refractivity contribution in [2.45, 2.75) is 20.8 Å². The Morgan fingerprint density at radius 1 is 0.892 bits per heavy atom. The summed E-state index contributed by atoms with van der Waals surface area (Å²) < 4.78 is 22.9. The number of ether oxygens (including phenoxy) is 3. The fourth-order valence-corrected chi connectivity index (χ4v) is 4.56. The Balaban J connectivity index is 1.75. The number of rotatable bonds is 5.